The Morgan fingerprint density at radius 3 is 2.75 bits per heavy atom. The van der Waals surface area contributed by atoms with Crippen LogP contribution >= 0.6 is 0 Å². The second-order valence-electron chi connectivity index (χ2n) is 3.13. The highest BCUT2D eigenvalue weighted by atomic mass is 15.4. The number of allylic oxidation sites excluding steroid dienone is 1. The maximum Gasteiger partial charge on any atom is 0.117 e. The second-order valence-corrected chi connectivity index (χ2v) is 3.13. The van der Waals surface area contributed by atoms with E-state index in [9.17, 15) is 0 Å². The van der Waals surface area contributed by atoms with Gasteiger partial charge < -0.3 is 16.1 Å². The predicted octanol–water partition coefficient (Wildman–Crippen LogP) is -0.169. The van der Waals surface area contributed by atoms with E-state index in [2.05, 4.69) is 15.8 Å². The lowest BCUT2D eigenvalue weighted by molar-refractivity contribution is 0.429. The lowest BCUT2D eigenvalue weighted by Gasteiger charge is -2.23. The number of hydrazine groups is 1. The van der Waals surface area contributed by atoms with E-state index >= 15 is 0 Å². The second kappa shape index (κ2) is 2.97. The summed E-state index contributed by atoms with van der Waals surface area (Å²) in [6.45, 7) is 2.30. The smallest absolute Gasteiger partial charge is 0.117 e. The van der Waals surface area contributed by atoms with Crippen LogP contribution in [0.2, 0.25) is 0 Å². The van der Waals surface area contributed by atoms with Crippen molar-refractivity contribution in [2.45, 2.75) is 12.8 Å². The molecule has 0 aliphatic carbocycles. The zero-order valence-corrected chi connectivity index (χ0v) is 7.01. The first kappa shape index (κ1) is 7.34. The van der Waals surface area contributed by atoms with Gasteiger partial charge in [0.15, 0.2) is 0 Å². The number of nitrogens with two attached hydrogens (primary N) is 1. The van der Waals surface area contributed by atoms with Crippen molar-refractivity contribution in [1.29, 1.82) is 0 Å². The van der Waals surface area contributed by atoms with Gasteiger partial charge in [0.2, 0.25) is 0 Å². The molecule has 0 radical (unpaired) electrons. The van der Waals surface area contributed by atoms with E-state index in [0.717, 1.165) is 13.1 Å². The number of rotatable bonds is 1. The van der Waals surface area contributed by atoms with Gasteiger partial charge >= 0.3 is 0 Å². The molecule has 2 aliphatic heterocycles. The molecule has 66 valence electrons. The summed E-state index contributed by atoms with van der Waals surface area (Å²) in [7, 11) is 0. The molecular weight excluding hydrogens is 152 g/mol. The normalized spacial score (nSPS) is 22.5. The Morgan fingerprint density at radius 2 is 2.08 bits per heavy atom. The van der Waals surface area contributed by atoms with Crippen LogP contribution in [0.25, 0.3) is 0 Å². The van der Waals surface area contributed by atoms with E-state index in [1.165, 1.54) is 18.5 Å². The molecule has 0 amide bonds. The molecule has 2 rings (SSSR count). The third-order valence-corrected chi connectivity index (χ3v) is 2.21. The first-order valence-corrected chi connectivity index (χ1v) is 4.30. The van der Waals surface area contributed by atoms with Crippen LogP contribution < -0.4 is 16.6 Å². The van der Waals surface area contributed by atoms with E-state index in [0.29, 0.717) is 5.82 Å². The van der Waals surface area contributed by atoms with Crippen molar-refractivity contribution in [1.82, 2.24) is 15.8 Å². The number of nitrogens with zero attached hydrogens (tertiary/aromatic N) is 1. The fraction of sp³-hybridized carbons (Fsp3) is 0.500. The zero-order valence-electron chi connectivity index (χ0n) is 7.01. The van der Waals surface area contributed by atoms with Crippen molar-refractivity contribution in [3.05, 3.63) is 23.8 Å². The van der Waals surface area contributed by atoms with Gasteiger partial charge in [0.05, 0.1) is 5.70 Å². The predicted molar refractivity (Wildman–Crippen MR) is 47.4 cm³/mol. The first-order chi connectivity index (χ1) is 5.86. The molecule has 4 N–H and O–H groups in total. The molecule has 12 heavy (non-hydrogen) atoms. The summed E-state index contributed by atoms with van der Waals surface area (Å²) in [5.74, 6) is 0.680. The van der Waals surface area contributed by atoms with Crippen molar-refractivity contribution in [3.8, 4) is 0 Å². The Kier molecular flexibility index (Phi) is 1.81. The van der Waals surface area contributed by atoms with Gasteiger partial charge in [-0.05, 0) is 12.8 Å². The monoisotopic (exact) mass is 166 g/mol. The highest BCUT2D eigenvalue weighted by Gasteiger charge is 2.14. The SMILES string of the molecule is NC1=CC(N2CCCC2)=CNN1. The van der Waals surface area contributed by atoms with E-state index < -0.39 is 0 Å². The quantitative estimate of drug-likeness (QED) is 0.506. The van der Waals surface area contributed by atoms with Gasteiger partial charge in [0, 0.05) is 25.4 Å². The molecular formula is C8H14N4. The van der Waals surface area contributed by atoms with Crippen LogP contribution in [0.4, 0.5) is 0 Å². The molecule has 0 aromatic heterocycles. The summed E-state index contributed by atoms with van der Waals surface area (Å²) < 4.78 is 0. The van der Waals surface area contributed by atoms with Crippen molar-refractivity contribution in [2.75, 3.05) is 13.1 Å². The Morgan fingerprint density at radius 1 is 1.33 bits per heavy atom. The largest absolute Gasteiger partial charge is 0.384 e. The highest BCUT2D eigenvalue weighted by Crippen LogP contribution is 2.16. The Balaban J connectivity index is 2.07. The average Bonchev–Trinajstić information content (AvgIpc) is 2.56. The lowest BCUT2D eigenvalue weighted by atomic mass is 10.3. The van der Waals surface area contributed by atoms with E-state index in [-0.39, 0.29) is 0 Å². The molecule has 2 heterocycles. The van der Waals surface area contributed by atoms with E-state index in [1.807, 2.05) is 12.3 Å². The van der Waals surface area contributed by atoms with Crippen molar-refractivity contribution < 1.29 is 0 Å². The summed E-state index contributed by atoms with van der Waals surface area (Å²) in [4.78, 5) is 2.33. The third kappa shape index (κ3) is 1.32. The summed E-state index contributed by atoms with van der Waals surface area (Å²) in [5.41, 5.74) is 12.5. The van der Waals surface area contributed by atoms with Gasteiger partial charge in [-0.1, -0.05) is 0 Å². The molecule has 0 atom stereocenters. The van der Waals surface area contributed by atoms with Gasteiger partial charge in [-0.25, -0.2) is 0 Å². The number of likely N-dealkylation sites (tertiary alicyclic amines) is 1. The van der Waals surface area contributed by atoms with Crippen LogP contribution in [0.5, 0.6) is 0 Å². The van der Waals surface area contributed by atoms with E-state index in [1.54, 1.807) is 0 Å². The van der Waals surface area contributed by atoms with Crippen molar-refractivity contribution in [2.24, 2.45) is 5.73 Å². The number of hydrogen-bond donors (Lipinski definition) is 3. The Bertz CT molecular complexity index is 225. The summed E-state index contributed by atoms with van der Waals surface area (Å²) >= 11 is 0. The molecule has 1 saturated heterocycles. The Hall–Kier alpha value is -1.32. The zero-order chi connectivity index (χ0) is 8.39. The molecule has 0 saturated carbocycles. The number of hydrogen-bond acceptors (Lipinski definition) is 4. The fourth-order valence-electron chi connectivity index (χ4n) is 1.59. The highest BCUT2D eigenvalue weighted by molar-refractivity contribution is 5.23. The molecule has 0 aromatic carbocycles. The summed E-state index contributed by atoms with van der Waals surface area (Å²) in [5, 5.41) is 0. The van der Waals surface area contributed by atoms with Crippen molar-refractivity contribution >= 4 is 0 Å². The topological polar surface area (TPSA) is 53.3 Å². The van der Waals surface area contributed by atoms with Crippen LogP contribution in [0.3, 0.4) is 0 Å². The van der Waals surface area contributed by atoms with Crippen LogP contribution in [0.15, 0.2) is 23.8 Å². The molecule has 1 fully saturated rings. The summed E-state index contributed by atoms with van der Waals surface area (Å²) in [6.07, 6.45) is 6.49. The molecule has 2 aliphatic rings. The molecule has 4 heteroatoms. The van der Waals surface area contributed by atoms with Crippen molar-refractivity contribution in [3.63, 3.8) is 0 Å². The van der Waals surface area contributed by atoms with Crippen LogP contribution in [-0.4, -0.2) is 18.0 Å². The summed E-state index contributed by atoms with van der Waals surface area (Å²) in [6, 6.07) is 0. The minimum atomic E-state index is 0.680. The number of nitrogens with one attached hydrogen (secondary N) is 2. The Labute approximate surface area is 72.1 Å². The third-order valence-electron chi connectivity index (χ3n) is 2.21. The van der Waals surface area contributed by atoms with Crippen LogP contribution in [0, 0.1) is 0 Å². The molecule has 0 bridgehead atoms. The molecule has 4 nitrogen and oxygen atoms in total. The van der Waals surface area contributed by atoms with Gasteiger partial charge in [-0.3, -0.25) is 5.43 Å². The standard InChI is InChI=1S/C8H14N4/c9-8-5-7(6-10-11-8)12-3-1-2-4-12/h5-6,10-11H,1-4,9H2. The lowest BCUT2D eigenvalue weighted by Crippen LogP contribution is -2.36. The molecule has 0 spiro atoms. The fourth-order valence-corrected chi connectivity index (χ4v) is 1.59. The van der Waals surface area contributed by atoms with E-state index in [4.69, 9.17) is 5.73 Å². The minimum absolute atomic E-state index is 0.680. The molecule has 0 aromatic rings. The van der Waals surface area contributed by atoms with Crippen LogP contribution in [-0.2, 0) is 0 Å². The maximum atomic E-state index is 5.61. The van der Waals surface area contributed by atoms with Gasteiger partial charge in [0.1, 0.15) is 5.82 Å². The van der Waals surface area contributed by atoms with Crippen LogP contribution in [0.1, 0.15) is 12.8 Å². The minimum Gasteiger partial charge on any atom is -0.384 e. The average molecular weight is 166 g/mol. The molecule has 0 unspecified atom stereocenters. The maximum absolute atomic E-state index is 5.61. The van der Waals surface area contributed by atoms with Gasteiger partial charge in [0.25, 0.3) is 0 Å². The van der Waals surface area contributed by atoms with Gasteiger partial charge in [-0.2, -0.15) is 0 Å². The van der Waals surface area contributed by atoms with Gasteiger partial charge in [-0.15, -0.1) is 0 Å². The first-order valence-electron chi connectivity index (χ1n) is 4.30.